The predicted molar refractivity (Wildman–Crippen MR) is 81.9 cm³/mol. The zero-order valence-electron chi connectivity index (χ0n) is 13.2. The monoisotopic (exact) mass is 380 g/mol. The molecule has 142 valence electrons. The lowest BCUT2D eigenvalue weighted by Crippen LogP contribution is -2.21. The zero-order valence-corrected chi connectivity index (χ0v) is 13.2. The lowest BCUT2D eigenvalue weighted by Gasteiger charge is -2.19. The molecular weight excluding hydrogens is 366 g/mol. The molecule has 0 radical (unpaired) electrons. The number of halogens is 6. The first-order valence-electron chi connectivity index (χ1n) is 7.52. The number of rotatable bonds is 1. The van der Waals surface area contributed by atoms with Gasteiger partial charge in [0.05, 0.1) is 11.1 Å². The van der Waals surface area contributed by atoms with E-state index in [2.05, 4.69) is 4.98 Å². The molecule has 0 unspecified atom stereocenters. The van der Waals surface area contributed by atoms with Gasteiger partial charge in [-0.3, -0.25) is 0 Å². The first-order valence-corrected chi connectivity index (χ1v) is 7.52. The van der Waals surface area contributed by atoms with Crippen LogP contribution in [0.4, 0.5) is 32.2 Å². The highest BCUT2D eigenvalue weighted by Crippen LogP contribution is 2.36. The molecule has 1 saturated heterocycles. The molecule has 0 spiro atoms. The number of carboxylic acids is 1. The van der Waals surface area contributed by atoms with Crippen LogP contribution < -0.4 is 4.90 Å². The molecule has 26 heavy (non-hydrogen) atoms. The molecule has 1 aromatic heterocycles. The summed E-state index contributed by atoms with van der Waals surface area (Å²) in [6.45, 7) is 1.56. The number of fused-ring (bicyclic) bond motifs is 1. The Kier molecular flexibility index (Phi) is 5.62. The summed E-state index contributed by atoms with van der Waals surface area (Å²) in [5.41, 5.74) is -0.195. The van der Waals surface area contributed by atoms with Crippen LogP contribution in [0.5, 0.6) is 0 Å². The fourth-order valence-corrected chi connectivity index (χ4v) is 2.50. The van der Waals surface area contributed by atoms with Crippen molar-refractivity contribution in [3.63, 3.8) is 0 Å². The molecule has 4 nitrogen and oxygen atoms in total. The van der Waals surface area contributed by atoms with Crippen molar-refractivity contribution in [2.45, 2.75) is 25.2 Å². The molecular formula is C16H14F6N2O2. The number of carbonyl (C=O) groups is 1. The standard InChI is InChI=1S/C14H13F3N2.C2HF3O2/c15-14(16,17)11-9-13(19-7-3-4-8-19)18-12-6-2-1-5-10(11)12;3-2(4,5)1(6)7/h1-2,5-6,9H,3-4,7-8H2;(H,6,7). The molecule has 3 rings (SSSR count). The minimum Gasteiger partial charge on any atom is -0.475 e. The van der Waals surface area contributed by atoms with E-state index in [4.69, 9.17) is 9.90 Å². The highest BCUT2D eigenvalue weighted by atomic mass is 19.4. The Hall–Kier alpha value is -2.52. The first-order chi connectivity index (χ1) is 12.0. The number of carboxylic acid groups (broad SMARTS) is 1. The topological polar surface area (TPSA) is 53.4 Å². The normalized spacial score (nSPS) is 14.9. The van der Waals surface area contributed by atoms with E-state index in [-0.39, 0.29) is 5.39 Å². The van der Waals surface area contributed by atoms with Crippen molar-refractivity contribution in [2.24, 2.45) is 0 Å². The molecule has 2 aromatic rings. The number of aromatic nitrogens is 1. The Labute approximate surface area is 144 Å². The van der Waals surface area contributed by atoms with E-state index in [9.17, 15) is 26.3 Å². The number of benzene rings is 1. The number of alkyl halides is 6. The van der Waals surface area contributed by atoms with Gasteiger partial charge in [0.25, 0.3) is 0 Å². The van der Waals surface area contributed by atoms with E-state index in [1.807, 2.05) is 4.90 Å². The smallest absolute Gasteiger partial charge is 0.475 e. The van der Waals surface area contributed by atoms with Gasteiger partial charge < -0.3 is 10.0 Å². The number of pyridine rings is 1. The van der Waals surface area contributed by atoms with Crippen LogP contribution in [0.2, 0.25) is 0 Å². The summed E-state index contributed by atoms with van der Waals surface area (Å²) in [5, 5.41) is 7.29. The van der Waals surface area contributed by atoms with Gasteiger partial charge in [0.15, 0.2) is 0 Å². The molecule has 1 N–H and O–H groups in total. The molecule has 2 heterocycles. The molecule has 0 amide bonds. The maximum Gasteiger partial charge on any atom is 0.490 e. The van der Waals surface area contributed by atoms with Gasteiger partial charge in [0.2, 0.25) is 0 Å². The van der Waals surface area contributed by atoms with Gasteiger partial charge >= 0.3 is 18.3 Å². The molecule has 0 bridgehead atoms. The summed E-state index contributed by atoms with van der Waals surface area (Å²) in [5.74, 6) is -2.32. The van der Waals surface area contributed by atoms with Gasteiger partial charge in [0, 0.05) is 18.5 Å². The number of para-hydroxylation sites is 1. The Morgan fingerprint density at radius 1 is 1.04 bits per heavy atom. The van der Waals surface area contributed by atoms with Crippen LogP contribution in [0, 0.1) is 0 Å². The minimum absolute atomic E-state index is 0.165. The highest BCUT2D eigenvalue weighted by molar-refractivity contribution is 5.84. The van der Waals surface area contributed by atoms with Crippen molar-refractivity contribution >= 4 is 22.7 Å². The van der Waals surface area contributed by atoms with Crippen molar-refractivity contribution in [3.8, 4) is 0 Å². The second kappa shape index (κ2) is 7.38. The summed E-state index contributed by atoms with van der Waals surface area (Å²) in [7, 11) is 0. The summed E-state index contributed by atoms with van der Waals surface area (Å²) >= 11 is 0. The third-order valence-corrected chi connectivity index (χ3v) is 3.68. The molecule has 1 aliphatic heterocycles. The quantitative estimate of drug-likeness (QED) is 0.741. The second-order valence-electron chi connectivity index (χ2n) is 5.54. The Morgan fingerprint density at radius 3 is 2.08 bits per heavy atom. The second-order valence-corrected chi connectivity index (χ2v) is 5.54. The van der Waals surface area contributed by atoms with Crippen LogP contribution in [0.15, 0.2) is 30.3 Å². The number of nitrogens with zero attached hydrogens (tertiary/aromatic N) is 2. The molecule has 1 aromatic carbocycles. The summed E-state index contributed by atoms with van der Waals surface area (Å²) in [6.07, 6.45) is -7.41. The van der Waals surface area contributed by atoms with E-state index in [0.29, 0.717) is 11.3 Å². The molecule has 0 aliphatic carbocycles. The molecule has 0 atom stereocenters. The van der Waals surface area contributed by atoms with Crippen molar-refractivity contribution in [1.82, 2.24) is 4.98 Å². The fraction of sp³-hybridized carbons (Fsp3) is 0.375. The average Bonchev–Trinajstić information content (AvgIpc) is 3.07. The van der Waals surface area contributed by atoms with Gasteiger partial charge in [-0.1, -0.05) is 18.2 Å². The molecule has 10 heteroatoms. The van der Waals surface area contributed by atoms with Crippen molar-refractivity contribution in [3.05, 3.63) is 35.9 Å². The largest absolute Gasteiger partial charge is 0.490 e. The number of hydrogen-bond acceptors (Lipinski definition) is 3. The first kappa shape index (κ1) is 19.8. The van der Waals surface area contributed by atoms with E-state index in [1.54, 1.807) is 18.2 Å². The van der Waals surface area contributed by atoms with Crippen LogP contribution in [0.25, 0.3) is 10.9 Å². The van der Waals surface area contributed by atoms with E-state index in [1.165, 1.54) is 12.1 Å². The van der Waals surface area contributed by atoms with E-state index < -0.39 is 23.9 Å². The summed E-state index contributed by atoms with van der Waals surface area (Å²) in [6, 6.07) is 7.59. The third kappa shape index (κ3) is 4.77. The molecule has 1 aliphatic rings. The maximum atomic E-state index is 13.1. The van der Waals surface area contributed by atoms with Crippen molar-refractivity contribution in [2.75, 3.05) is 18.0 Å². The van der Waals surface area contributed by atoms with Gasteiger partial charge in [-0.15, -0.1) is 0 Å². The van der Waals surface area contributed by atoms with Crippen LogP contribution >= 0.6 is 0 Å². The lowest BCUT2D eigenvalue weighted by molar-refractivity contribution is -0.192. The maximum absolute atomic E-state index is 13.1. The fourth-order valence-electron chi connectivity index (χ4n) is 2.50. The highest BCUT2D eigenvalue weighted by Gasteiger charge is 2.38. The van der Waals surface area contributed by atoms with E-state index >= 15 is 0 Å². The Bertz CT molecular complexity index is 782. The third-order valence-electron chi connectivity index (χ3n) is 3.68. The van der Waals surface area contributed by atoms with Crippen LogP contribution in [-0.4, -0.2) is 35.3 Å². The Balaban J connectivity index is 0.000000298. The number of hydrogen-bond donors (Lipinski definition) is 1. The van der Waals surface area contributed by atoms with Gasteiger partial charge in [0.1, 0.15) is 5.82 Å². The Morgan fingerprint density at radius 2 is 1.58 bits per heavy atom. The molecule has 0 saturated carbocycles. The minimum atomic E-state index is -5.08. The average molecular weight is 380 g/mol. The summed E-state index contributed by atoms with van der Waals surface area (Å²) < 4.78 is 71.2. The lowest BCUT2D eigenvalue weighted by atomic mass is 10.1. The van der Waals surface area contributed by atoms with Gasteiger partial charge in [-0.25, -0.2) is 9.78 Å². The molecule has 1 fully saturated rings. The van der Waals surface area contributed by atoms with Gasteiger partial charge in [-0.2, -0.15) is 26.3 Å². The van der Waals surface area contributed by atoms with Crippen molar-refractivity contribution < 1.29 is 36.2 Å². The number of aliphatic carboxylic acids is 1. The van der Waals surface area contributed by atoms with Crippen LogP contribution in [0.1, 0.15) is 18.4 Å². The van der Waals surface area contributed by atoms with Gasteiger partial charge in [-0.05, 0) is 25.0 Å². The summed E-state index contributed by atoms with van der Waals surface area (Å²) in [4.78, 5) is 15.2. The van der Waals surface area contributed by atoms with Crippen LogP contribution in [0.3, 0.4) is 0 Å². The SMILES string of the molecule is FC(F)(F)c1cc(N2CCCC2)nc2ccccc12.O=C(O)C(F)(F)F. The van der Waals surface area contributed by atoms with E-state index in [0.717, 1.165) is 25.9 Å². The number of anilines is 1. The predicted octanol–water partition coefficient (Wildman–Crippen LogP) is 4.49. The van der Waals surface area contributed by atoms with Crippen molar-refractivity contribution in [1.29, 1.82) is 0 Å². The van der Waals surface area contributed by atoms with Crippen LogP contribution in [-0.2, 0) is 11.0 Å². The zero-order chi connectivity index (χ0) is 19.5.